The van der Waals surface area contributed by atoms with Crippen LogP contribution in [-0.4, -0.2) is 64.0 Å². The van der Waals surface area contributed by atoms with Gasteiger partial charge in [-0.1, -0.05) is 6.07 Å². The van der Waals surface area contributed by atoms with Crippen LogP contribution in [0.15, 0.2) is 53.5 Å². The van der Waals surface area contributed by atoms with E-state index >= 15 is 0 Å². The summed E-state index contributed by atoms with van der Waals surface area (Å²) >= 11 is 1.57. The summed E-state index contributed by atoms with van der Waals surface area (Å²) in [6, 6.07) is 13.2. The molecule has 0 saturated carbocycles. The monoisotopic (exact) mass is 519 g/mol. The summed E-state index contributed by atoms with van der Waals surface area (Å²) in [5, 5.41) is 4.35. The standard InChI is InChI=1S/C27H29N5O2S2/c1-18-13-21-14-19(3-5-25(21)29-18)24-6-4-23-20(15-32(27(23)30-24)26-16-35-17-28-26)7-10-31(2)22-8-11-36(33,34)12-9-22/h3-6,13-17,22,29H,7-12H2,1-2H3. The predicted molar refractivity (Wildman–Crippen MR) is 147 cm³/mol. The van der Waals surface area contributed by atoms with E-state index in [-0.39, 0.29) is 0 Å². The highest BCUT2D eigenvalue weighted by atomic mass is 32.2. The van der Waals surface area contributed by atoms with Crippen LogP contribution in [0.3, 0.4) is 0 Å². The van der Waals surface area contributed by atoms with Crippen molar-refractivity contribution >= 4 is 43.1 Å². The molecular formula is C27H29N5O2S2. The van der Waals surface area contributed by atoms with Gasteiger partial charge in [-0.05, 0) is 69.1 Å². The number of aromatic nitrogens is 4. The number of hydrogen-bond donors (Lipinski definition) is 1. The lowest BCUT2D eigenvalue weighted by molar-refractivity contribution is 0.229. The zero-order valence-electron chi connectivity index (χ0n) is 20.4. The van der Waals surface area contributed by atoms with Crippen molar-refractivity contribution in [3.63, 3.8) is 0 Å². The van der Waals surface area contributed by atoms with Crippen LogP contribution in [-0.2, 0) is 16.3 Å². The lowest BCUT2D eigenvalue weighted by Gasteiger charge is -2.31. The van der Waals surface area contributed by atoms with Crippen molar-refractivity contribution < 1.29 is 8.42 Å². The van der Waals surface area contributed by atoms with Gasteiger partial charge in [-0.3, -0.25) is 4.57 Å². The molecule has 186 valence electrons. The summed E-state index contributed by atoms with van der Waals surface area (Å²) < 4.78 is 25.7. The Bertz CT molecular complexity index is 1640. The van der Waals surface area contributed by atoms with Gasteiger partial charge in [0.1, 0.15) is 21.3 Å². The highest BCUT2D eigenvalue weighted by Crippen LogP contribution is 2.30. The van der Waals surface area contributed by atoms with Crippen LogP contribution < -0.4 is 0 Å². The van der Waals surface area contributed by atoms with E-state index in [2.05, 4.69) is 76.0 Å². The predicted octanol–water partition coefficient (Wildman–Crippen LogP) is 4.99. The number of fused-ring (bicyclic) bond motifs is 2. The Morgan fingerprint density at radius 3 is 2.78 bits per heavy atom. The molecule has 0 atom stereocenters. The number of pyridine rings is 1. The van der Waals surface area contributed by atoms with Crippen LogP contribution in [0, 0.1) is 6.92 Å². The SMILES string of the molecule is Cc1cc2cc(-c3ccc4c(CCN(C)C5CCS(=O)(=O)CC5)cn(-c5cscn5)c4n3)ccc2[nH]1. The van der Waals surface area contributed by atoms with Crippen molar-refractivity contribution in [2.45, 2.75) is 32.2 Å². The first-order valence-electron chi connectivity index (χ1n) is 12.3. The fraction of sp³-hybridized carbons (Fsp3) is 0.333. The van der Waals surface area contributed by atoms with E-state index in [0.717, 1.165) is 65.1 Å². The van der Waals surface area contributed by atoms with Crippen molar-refractivity contribution in [1.29, 1.82) is 0 Å². The van der Waals surface area contributed by atoms with Crippen molar-refractivity contribution in [2.75, 3.05) is 25.1 Å². The normalized spacial score (nSPS) is 16.4. The molecule has 4 aromatic heterocycles. The highest BCUT2D eigenvalue weighted by Gasteiger charge is 2.26. The molecule has 0 bridgehead atoms. The lowest BCUT2D eigenvalue weighted by atomic mass is 10.1. The summed E-state index contributed by atoms with van der Waals surface area (Å²) in [5.74, 6) is 1.47. The fourth-order valence-electron chi connectivity index (χ4n) is 5.26. The number of nitrogens with one attached hydrogen (secondary N) is 1. The molecule has 0 spiro atoms. The molecule has 0 radical (unpaired) electrons. The van der Waals surface area contributed by atoms with E-state index in [1.165, 1.54) is 10.9 Å². The minimum absolute atomic E-state index is 0.298. The molecule has 0 unspecified atom stereocenters. The maximum atomic E-state index is 11.8. The Labute approximate surface area is 214 Å². The van der Waals surface area contributed by atoms with E-state index in [9.17, 15) is 8.42 Å². The van der Waals surface area contributed by atoms with Crippen molar-refractivity contribution in [2.24, 2.45) is 0 Å². The number of nitrogens with zero attached hydrogens (tertiary/aromatic N) is 4. The van der Waals surface area contributed by atoms with Crippen LogP contribution in [0.2, 0.25) is 0 Å². The van der Waals surface area contributed by atoms with E-state index in [4.69, 9.17) is 4.98 Å². The second kappa shape index (κ2) is 9.14. The molecular weight excluding hydrogens is 490 g/mol. The molecule has 1 aliphatic heterocycles. The second-order valence-corrected chi connectivity index (χ2v) is 12.8. The molecule has 7 nitrogen and oxygen atoms in total. The van der Waals surface area contributed by atoms with Crippen molar-refractivity contribution in [3.8, 4) is 17.1 Å². The Hall–Kier alpha value is -3.01. The summed E-state index contributed by atoms with van der Waals surface area (Å²) in [4.78, 5) is 15.4. The number of sulfone groups is 1. The van der Waals surface area contributed by atoms with Crippen LogP contribution in [0.25, 0.3) is 39.0 Å². The van der Waals surface area contributed by atoms with Crippen LogP contribution in [0.4, 0.5) is 0 Å². The van der Waals surface area contributed by atoms with E-state index in [1.54, 1.807) is 11.3 Å². The van der Waals surface area contributed by atoms with Gasteiger partial charge in [-0.15, -0.1) is 11.3 Å². The summed E-state index contributed by atoms with van der Waals surface area (Å²) in [6.07, 6.45) is 4.46. The summed E-state index contributed by atoms with van der Waals surface area (Å²) in [7, 11) is -0.742. The summed E-state index contributed by atoms with van der Waals surface area (Å²) in [5.41, 5.74) is 8.28. The molecule has 1 aromatic carbocycles. The molecule has 1 fully saturated rings. The topological polar surface area (TPSA) is 83.9 Å². The van der Waals surface area contributed by atoms with Crippen LogP contribution in [0.1, 0.15) is 24.1 Å². The molecule has 5 aromatic rings. The zero-order valence-corrected chi connectivity index (χ0v) is 22.1. The number of thiazole rings is 1. The van der Waals surface area contributed by atoms with Gasteiger partial charge < -0.3 is 9.88 Å². The van der Waals surface area contributed by atoms with Gasteiger partial charge in [0.05, 0.1) is 22.7 Å². The third-order valence-electron chi connectivity index (χ3n) is 7.33. The number of likely N-dealkylation sites (N-methyl/N-ethyl adjacent to an activating group) is 1. The van der Waals surface area contributed by atoms with E-state index in [0.29, 0.717) is 17.5 Å². The highest BCUT2D eigenvalue weighted by molar-refractivity contribution is 7.91. The van der Waals surface area contributed by atoms with Gasteiger partial charge in [-0.25, -0.2) is 18.4 Å². The quantitative estimate of drug-likeness (QED) is 0.342. The molecule has 1 N–H and O–H groups in total. The number of aryl methyl sites for hydroxylation is 1. The van der Waals surface area contributed by atoms with Crippen molar-refractivity contribution in [1.82, 2.24) is 24.4 Å². The molecule has 6 rings (SSSR count). The molecule has 5 heterocycles. The molecule has 9 heteroatoms. The van der Waals surface area contributed by atoms with E-state index in [1.807, 2.05) is 10.9 Å². The minimum atomic E-state index is -2.85. The van der Waals surface area contributed by atoms with Gasteiger partial charge in [0, 0.05) is 51.7 Å². The van der Waals surface area contributed by atoms with Gasteiger partial charge in [-0.2, -0.15) is 0 Å². The Kier molecular flexibility index (Phi) is 5.94. The number of benzene rings is 1. The fourth-order valence-corrected chi connectivity index (χ4v) is 7.26. The maximum absolute atomic E-state index is 11.8. The lowest BCUT2D eigenvalue weighted by Crippen LogP contribution is -2.39. The molecule has 1 aliphatic rings. The summed E-state index contributed by atoms with van der Waals surface area (Å²) in [6.45, 7) is 2.94. The van der Waals surface area contributed by atoms with Crippen molar-refractivity contribution in [3.05, 3.63) is 64.7 Å². The Morgan fingerprint density at radius 2 is 2.00 bits per heavy atom. The van der Waals surface area contributed by atoms with Gasteiger partial charge >= 0.3 is 0 Å². The average molecular weight is 520 g/mol. The third kappa shape index (κ3) is 4.47. The first kappa shape index (κ1) is 23.4. The molecule has 0 aliphatic carbocycles. The van der Waals surface area contributed by atoms with Crippen LogP contribution >= 0.6 is 11.3 Å². The smallest absolute Gasteiger partial charge is 0.150 e. The second-order valence-electron chi connectivity index (χ2n) is 9.81. The number of rotatable bonds is 6. The first-order valence-corrected chi connectivity index (χ1v) is 15.0. The average Bonchev–Trinajstić information content (AvgIpc) is 3.59. The number of H-pyrrole nitrogens is 1. The third-order valence-corrected chi connectivity index (χ3v) is 9.62. The Morgan fingerprint density at radius 1 is 1.17 bits per heavy atom. The molecule has 0 amide bonds. The number of hydrogen-bond acceptors (Lipinski definition) is 6. The number of aromatic amines is 1. The molecule has 1 saturated heterocycles. The molecule has 36 heavy (non-hydrogen) atoms. The first-order chi connectivity index (χ1) is 17.4. The zero-order chi connectivity index (χ0) is 24.9. The minimum Gasteiger partial charge on any atom is -0.359 e. The largest absolute Gasteiger partial charge is 0.359 e. The van der Waals surface area contributed by atoms with E-state index < -0.39 is 9.84 Å². The van der Waals surface area contributed by atoms with Gasteiger partial charge in [0.25, 0.3) is 0 Å². The van der Waals surface area contributed by atoms with Gasteiger partial charge in [0.15, 0.2) is 0 Å². The maximum Gasteiger partial charge on any atom is 0.150 e. The van der Waals surface area contributed by atoms with Crippen LogP contribution in [0.5, 0.6) is 0 Å². The van der Waals surface area contributed by atoms with Gasteiger partial charge in [0.2, 0.25) is 0 Å². The Balaban J connectivity index is 1.32.